The summed E-state index contributed by atoms with van der Waals surface area (Å²) in [5.41, 5.74) is 0.219. The third-order valence-corrected chi connectivity index (χ3v) is 2.40. The molecular formula is C12H11ClFNO. The van der Waals surface area contributed by atoms with Gasteiger partial charge in [-0.2, -0.15) is 0 Å². The lowest BCUT2D eigenvalue weighted by atomic mass is 10.1. The van der Waals surface area contributed by atoms with E-state index in [0.717, 1.165) is 6.07 Å². The summed E-state index contributed by atoms with van der Waals surface area (Å²) in [5, 5.41) is 2.68. The van der Waals surface area contributed by atoms with Gasteiger partial charge in [0.05, 0.1) is 16.6 Å². The second kappa shape index (κ2) is 5.53. The summed E-state index contributed by atoms with van der Waals surface area (Å²) >= 11 is 5.74. The van der Waals surface area contributed by atoms with Crippen molar-refractivity contribution in [2.45, 2.75) is 19.4 Å². The Kier molecular flexibility index (Phi) is 4.33. The molecule has 0 saturated carbocycles. The Balaban J connectivity index is 2.85. The molecule has 0 bridgehead atoms. The molecule has 2 nitrogen and oxygen atoms in total. The average Bonchev–Trinajstić information content (AvgIpc) is 2.25. The van der Waals surface area contributed by atoms with E-state index >= 15 is 0 Å². The first kappa shape index (κ1) is 12.5. The quantitative estimate of drug-likeness (QED) is 0.808. The Labute approximate surface area is 98.8 Å². The SMILES string of the molecule is C#CC(CC)NC(=O)c1ccc(F)cc1Cl. The summed E-state index contributed by atoms with van der Waals surface area (Å²) in [6.45, 7) is 1.86. The lowest BCUT2D eigenvalue weighted by molar-refractivity contribution is 0.0945. The molecule has 4 heteroatoms. The number of hydrogen-bond donors (Lipinski definition) is 1. The normalized spacial score (nSPS) is 11.6. The van der Waals surface area contributed by atoms with Crippen molar-refractivity contribution in [2.75, 3.05) is 0 Å². The summed E-state index contributed by atoms with van der Waals surface area (Å²) in [4.78, 5) is 11.7. The van der Waals surface area contributed by atoms with E-state index in [9.17, 15) is 9.18 Å². The number of benzene rings is 1. The molecule has 0 aromatic heterocycles. The molecule has 1 unspecified atom stereocenters. The maximum atomic E-state index is 12.8. The van der Waals surface area contributed by atoms with Crippen molar-refractivity contribution in [1.29, 1.82) is 0 Å². The smallest absolute Gasteiger partial charge is 0.253 e. The molecule has 1 amide bonds. The number of amides is 1. The molecule has 84 valence electrons. The van der Waals surface area contributed by atoms with Crippen LogP contribution in [0.1, 0.15) is 23.7 Å². The van der Waals surface area contributed by atoms with Crippen LogP contribution in [0, 0.1) is 18.2 Å². The van der Waals surface area contributed by atoms with Crippen molar-refractivity contribution in [3.05, 3.63) is 34.6 Å². The highest BCUT2D eigenvalue weighted by molar-refractivity contribution is 6.33. The molecule has 0 aliphatic rings. The lowest BCUT2D eigenvalue weighted by Gasteiger charge is -2.11. The van der Waals surface area contributed by atoms with Crippen molar-refractivity contribution in [2.24, 2.45) is 0 Å². The van der Waals surface area contributed by atoms with Gasteiger partial charge in [-0.1, -0.05) is 24.4 Å². The second-order valence-corrected chi connectivity index (χ2v) is 3.63. The van der Waals surface area contributed by atoms with Gasteiger partial charge in [0.2, 0.25) is 0 Å². The second-order valence-electron chi connectivity index (χ2n) is 3.23. The molecule has 0 aliphatic carbocycles. The summed E-state index contributed by atoms with van der Waals surface area (Å²) in [5.74, 6) is 1.56. The third kappa shape index (κ3) is 2.98. The monoisotopic (exact) mass is 239 g/mol. The Bertz CT molecular complexity index is 439. The Morgan fingerprint density at radius 3 is 2.88 bits per heavy atom. The fourth-order valence-corrected chi connectivity index (χ4v) is 1.42. The van der Waals surface area contributed by atoms with Crippen LogP contribution >= 0.6 is 11.6 Å². The topological polar surface area (TPSA) is 29.1 Å². The lowest BCUT2D eigenvalue weighted by Crippen LogP contribution is -2.33. The molecule has 0 radical (unpaired) electrons. The van der Waals surface area contributed by atoms with E-state index in [1.807, 2.05) is 6.92 Å². The summed E-state index contributed by atoms with van der Waals surface area (Å²) in [7, 11) is 0. The number of halogens is 2. The van der Waals surface area contributed by atoms with E-state index in [2.05, 4.69) is 11.2 Å². The van der Waals surface area contributed by atoms with Crippen LogP contribution in [0.25, 0.3) is 0 Å². The zero-order valence-electron chi connectivity index (χ0n) is 8.76. The van der Waals surface area contributed by atoms with Gasteiger partial charge in [0.15, 0.2) is 0 Å². The van der Waals surface area contributed by atoms with Gasteiger partial charge in [0, 0.05) is 0 Å². The van der Waals surface area contributed by atoms with Crippen LogP contribution in [0.2, 0.25) is 5.02 Å². The van der Waals surface area contributed by atoms with Gasteiger partial charge in [-0.05, 0) is 24.6 Å². The Morgan fingerprint density at radius 1 is 1.69 bits per heavy atom. The van der Waals surface area contributed by atoms with Gasteiger partial charge >= 0.3 is 0 Å². The molecule has 1 aromatic rings. The summed E-state index contributed by atoms with van der Waals surface area (Å²) in [6.07, 6.45) is 5.84. The van der Waals surface area contributed by atoms with Gasteiger partial charge in [-0.25, -0.2) is 4.39 Å². The van der Waals surface area contributed by atoms with E-state index in [0.29, 0.717) is 6.42 Å². The maximum absolute atomic E-state index is 12.8. The number of rotatable bonds is 3. The van der Waals surface area contributed by atoms with Crippen molar-refractivity contribution in [1.82, 2.24) is 5.32 Å². The Morgan fingerprint density at radius 2 is 2.38 bits per heavy atom. The minimum Gasteiger partial charge on any atom is -0.338 e. The molecule has 1 rings (SSSR count). The summed E-state index contributed by atoms with van der Waals surface area (Å²) < 4.78 is 12.8. The molecule has 0 saturated heterocycles. The predicted octanol–water partition coefficient (Wildman–Crippen LogP) is 2.62. The fourth-order valence-electron chi connectivity index (χ4n) is 1.17. The Hall–Kier alpha value is -1.53. The van der Waals surface area contributed by atoms with Crippen molar-refractivity contribution in [3.63, 3.8) is 0 Å². The fraction of sp³-hybridized carbons (Fsp3) is 0.250. The average molecular weight is 240 g/mol. The van der Waals surface area contributed by atoms with Crippen molar-refractivity contribution in [3.8, 4) is 12.3 Å². The van der Waals surface area contributed by atoms with E-state index < -0.39 is 11.7 Å². The van der Waals surface area contributed by atoms with Crippen molar-refractivity contribution >= 4 is 17.5 Å². The highest BCUT2D eigenvalue weighted by Gasteiger charge is 2.13. The minimum absolute atomic E-state index is 0.0735. The zero-order chi connectivity index (χ0) is 12.1. The van der Waals surface area contributed by atoms with Crippen LogP contribution in [0.3, 0.4) is 0 Å². The van der Waals surface area contributed by atoms with E-state index in [4.69, 9.17) is 18.0 Å². The number of nitrogens with one attached hydrogen (secondary N) is 1. The van der Waals surface area contributed by atoms with Gasteiger partial charge in [-0.3, -0.25) is 4.79 Å². The first-order chi connectivity index (χ1) is 7.58. The molecule has 0 aliphatic heterocycles. The highest BCUT2D eigenvalue weighted by Crippen LogP contribution is 2.17. The van der Waals surface area contributed by atoms with Crippen LogP contribution in [0.4, 0.5) is 4.39 Å². The van der Waals surface area contributed by atoms with Crippen LogP contribution in [-0.4, -0.2) is 11.9 Å². The largest absolute Gasteiger partial charge is 0.338 e. The maximum Gasteiger partial charge on any atom is 0.253 e. The van der Waals surface area contributed by atoms with E-state index in [-0.39, 0.29) is 16.6 Å². The first-order valence-corrected chi connectivity index (χ1v) is 5.18. The first-order valence-electron chi connectivity index (χ1n) is 4.80. The minimum atomic E-state index is -0.481. The molecule has 1 N–H and O–H groups in total. The standard InChI is InChI=1S/C12H11ClFNO/c1-3-9(4-2)15-12(16)10-6-5-8(14)7-11(10)13/h1,5-7,9H,4H2,2H3,(H,15,16). The van der Waals surface area contributed by atoms with Crippen molar-refractivity contribution < 1.29 is 9.18 Å². The molecule has 1 aromatic carbocycles. The van der Waals surface area contributed by atoms with Crippen LogP contribution < -0.4 is 5.32 Å². The van der Waals surface area contributed by atoms with Crippen LogP contribution in [-0.2, 0) is 0 Å². The number of carbonyl (C=O) groups excluding carboxylic acids is 1. The number of hydrogen-bond acceptors (Lipinski definition) is 1. The number of terminal acetylenes is 1. The highest BCUT2D eigenvalue weighted by atomic mass is 35.5. The van der Waals surface area contributed by atoms with E-state index in [1.54, 1.807) is 0 Å². The van der Waals surface area contributed by atoms with Gasteiger partial charge in [-0.15, -0.1) is 6.42 Å². The van der Waals surface area contributed by atoms with Crippen LogP contribution in [0.15, 0.2) is 18.2 Å². The van der Waals surface area contributed by atoms with Crippen LogP contribution in [0.5, 0.6) is 0 Å². The van der Waals surface area contributed by atoms with Gasteiger partial charge in [0.1, 0.15) is 5.82 Å². The van der Waals surface area contributed by atoms with E-state index in [1.165, 1.54) is 12.1 Å². The molecule has 0 fully saturated rings. The molecule has 0 heterocycles. The summed E-state index contributed by atoms with van der Waals surface area (Å²) in [6, 6.07) is 3.26. The zero-order valence-corrected chi connectivity index (χ0v) is 9.51. The van der Waals surface area contributed by atoms with Gasteiger partial charge < -0.3 is 5.32 Å². The third-order valence-electron chi connectivity index (χ3n) is 2.09. The molecular weight excluding hydrogens is 229 g/mol. The molecule has 16 heavy (non-hydrogen) atoms. The van der Waals surface area contributed by atoms with Gasteiger partial charge in [0.25, 0.3) is 5.91 Å². The number of carbonyl (C=O) groups is 1. The molecule has 1 atom stereocenters. The predicted molar refractivity (Wildman–Crippen MR) is 61.8 cm³/mol. The molecule has 0 spiro atoms.